The van der Waals surface area contributed by atoms with E-state index >= 15 is 0 Å². The van der Waals surface area contributed by atoms with Crippen molar-refractivity contribution in [2.24, 2.45) is 0 Å². The lowest BCUT2D eigenvalue weighted by Gasteiger charge is -2.13. The summed E-state index contributed by atoms with van der Waals surface area (Å²) in [5.74, 6) is -0.445. The molecule has 4 heteroatoms. The van der Waals surface area contributed by atoms with Gasteiger partial charge in [-0.1, -0.05) is 12.1 Å². The third-order valence-corrected chi connectivity index (χ3v) is 2.26. The van der Waals surface area contributed by atoms with E-state index in [1.165, 1.54) is 0 Å². The van der Waals surface area contributed by atoms with Crippen LogP contribution >= 0.6 is 0 Å². The van der Waals surface area contributed by atoms with E-state index in [1.54, 1.807) is 24.3 Å². The Labute approximate surface area is 108 Å². The van der Waals surface area contributed by atoms with Crippen LogP contribution < -0.4 is 10.6 Å². The zero-order valence-corrected chi connectivity index (χ0v) is 11.3. The maximum Gasteiger partial charge on any atom is 0.252 e. The van der Waals surface area contributed by atoms with Crippen molar-refractivity contribution >= 4 is 11.8 Å². The van der Waals surface area contributed by atoms with Crippen LogP contribution in [-0.4, -0.2) is 23.9 Å². The van der Waals surface area contributed by atoms with Gasteiger partial charge >= 0.3 is 0 Å². The van der Waals surface area contributed by atoms with E-state index in [0.717, 1.165) is 0 Å². The molecule has 4 nitrogen and oxygen atoms in total. The van der Waals surface area contributed by atoms with Crippen LogP contribution in [0, 0.1) is 0 Å². The van der Waals surface area contributed by atoms with Crippen LogP contribution in [0.2, 0.25) is 0 Å². The fourth-order valence-electron chi connectivity index (χ4n) is 1.56. The Kier molecular flexibility index (Phi) is 4.89. The SMILES string of the molecule is CC(C)NC(=O)c1ccccc1C(=O)NC(C)C. The molecule has 0 bridgehead atoms. The maximum atomic E-state index is 12.0. The van der Waals surface area contributed by atoms with Gasteiger partial charge in [-0.3, -0.25) is 9.59 Å². The Morgan fingerprint density at radius 3 is 1.44 bits per heavy atom. The van der Waals surface area contributed by atoms with Gasteiger partial charge in [0.1, 0.15) is 0 Å². The monoisotopic (exact) mass is 248 g/mol. The number of amides is 2. The van der Waals surface area contributed by atoms with Crippen LogP contribution in [0.1, 0.15) is 48.4 Å². The topological polar surface area (TPSA) is 58.2 Å². The second-order valence-corrected chi connectivity index (χ2v) is 4.80. The van der Waals surface area contributed by atoms with Gasteiger partial charge in [0, 0.05) is 12.1 Å². The van der Waals surface area contributed by atoms with Gasteiger partial charge in [0.05, 0.1) is 11.1 Å². The minimum absolute atomic E-state index is 0.0405. The van der Waals surface area contributed by atoms with Crippen LogP contribution in [0.15, 0.2) is 24.3 Å². The van der Waals surface area contributed by atoms with Crippen molar-refractivity contribution in [3.63, 3.8) is 0 Å². The van der Waals surface area contributed by atoms with Gasteiger partial charge in [0.25, 0.3) is 11.8 Å². The summed E-state index contributed by atoms with van der Waals surface area (Å²) in [4.78, 5) is 24.0. The van der Waals surface area contributed by atoms with Crippen molar-refractivity contribution in [2.45, 2.75) is 39.8 Å². The van der Waals surface area contributed by atoms with Crippen molar-refractivity contribution in [1.29, 1.82) is 0 Å². The van der Waals surface area contributed by atoms with Gasteiger partial charge in [0.2, 0.25) is 0 Å². The number of benzene rings is 1. The molecule has 0 unspecified atom stereocenters. The lowest BCUT2D eigenvalue weighted by Crippen LogP contribution is -2.35. The highest BCUT2D eigenvalue weighted by Gasteiger charge is 2.17. The summed E-state index contributed by atoms with van der Waals surface area (Å²) in [6.07, 6.45) is 0. The number of hydrogen-bond donors (Lipinski definition) is 2. The van der Waals surface area contributed by atoms with Crippen LogP contribution in [0.25, 0.3) is 0 Å². The predicted octanol–water partition coefficient (Wildman–Crippen LogP) is 1.96. The fraction of sp³-hybridized carbons (Fsp3) is 0.429. The summed E-state index contributed by atoms with van der Waals surface area (Å²) in [5.41, 5.74) is 0.814. The Bertz CT molecular complexity index is 398. The van der Waals surface area contributed by atoms with E-state index in [-0.39, 0.29) is 23.9 Å². The molecule has 1 aromatic rings. The van der Waals surface area contributed by atoms with Gasteiger partial charge in [-0.05, 0) is 39.8 Å². The first-order chi connectivity index (χ1) is 8.41. The van der Waals surface area contributed by atoms with Crippen molar-refractivity contribution < 1.29 is 9.59 Å². The molecule has 0 aliphatic carbocycles. The number of carbonyl (C=O) groups excluding carboxylic acids is 2. The molecule has 0 atom stereocenters. The molecule has 1 aromatic carbocycles. The predicted molar refractivity (Wildman–Crippen MR) is 71.6 cm³/mol. The summed E-state index contributed by atoms with van der Waals surface area (Å²) >= 11 is 0. The van der Waals surface area contributed by atoms with Gasteiger partial charge in [-0.25, -0.2) is 0 Å². The summed E-state index contributed by atoms with van der Waals surface area (Å²) < 4.78 is 0. The fourth-order valence-corrected chi connectivity index (χ4v) is 1.56. The molecule has 0 aliphatic rings. The molecule has 2 N–H and O–H groups in total. The van der Waals surface area contributed by atoms with Gasteiger partial charge in [-0.15, -0.1) is 0 Å². The zero-order chi connectivity index (χ0) is 13.7. The van der Waals surface area contributed by atoms with Gasteiger partial charge in [-0.2, -0.15) is 0 Å². The molecule has 0 saturated carbocycles. The van der Waals surface area contributed by atoms with Crippen molar-refractivity contribution in [2.75, 3.05) is 0 Å². The molecule has 0 heterocycles. The summed E-state index contributed by atoms with van der Waals surface area (Å²) in [7, 11) is 0. The highest BCUT2D eigenvalue weighted by atomic mass is 16.2. The van der Waals surface area contributed by atoms with Crippen LogP contribution in [-0.2, 0) is 0 Å². The lowest BCUT2D eigenvalue weighted by atomic mass is 10.1. The van der Waals surface area contributed by atoms with E-state index in [4.69, 9.17) is 0 Å². The summed E-state index contributed by atoms with van der Waals surface area (Å²) in [6, 6.07) is 6.90. The van der Waals surface area contributed by atoms with E-state index < -0.39 is 0 Å². The van der Waals surface area contributed by atoms with Crippen LogP contribution in [0.4, 0.5) is 0 Å². The molecule has 0 fully saturated rings. The molecule has 2 amide bonds. The van der Waals surface area contributed by atoms with E-state index in [0.29, 0.717) is 11.1 Å². The van der Waals surface area contributed by atoms with E-state index in [9.17, 15) is 9.59 Å². The normalized spacial score (nSPS) is 10.6. The third-order valence-electron chi connectivity index (χ3n) is 2.26. The second kappa shape index (κ2) is 6.19. The molecule has 18 heavy (non-hydrogen) atoms. The Balaban J connectivity index is 2.99. The molecule has 0 radical (unpaired) electrons. The van der Waals surface area contributed by atoms with E-state index in [1.807, 2.05) is 27.7 Å². The number of nitrogens with one attached hydrogen (secondary N) is 2. The quantitative estimate of drug-likeness (QED) is 0.855. The first kappa shape index (κ1) is 14.2. The number of carbonyl (C=O) groups is 2. The summed E-state index contributed by atoms with van der Waals surface area (Å²) in [5, 5.41) is 5.58. The molecule has 0 aliphatic heterocycles. The summed E-state index contributed by atoms with van der Waals surface area (Å²) in [6.45, 7) is 7.53. The first-order valence-corrected chi connectivity index (χ1v) is 6.12. The largest absolute Gasteiger partial charge is 0.350 e. The van der Waals surface area contributed by atoms with Gasteiger partial charge < -0.3 is 10.6 Å². The Morgan fingerprint density at radius 1 is 0.833 bits per heavy atom. The minimum atomic E-state index is -0.223. The Hall–Kier alpha value is -1.84. The first-order valence-electron chi connectivity index (χ1n) is 6.12. The molecule has 98 valence electrons. The second-order valence-electron chi connectivity index (χ2n) is 4.80. The molecular weight excluding hydrogens is 228 g/mol. The average molecular weight is 248 g/mol. The van der Waals surface area contributed by atoms with Crippen LogP contribution in [0.5, 0.6) is 0 Å². The Morgan fingerprint density at radius 2 is 1.17 bits per heavy atom. The van der Waals surface area contributed by atoms with Crippen molar-refractivity contribution in [3.05, 3.63) is 35.4 Å². The standard InChI is InChI=1S/C14H20N2O2/c1-9(2)15-13(17)11-7-5-6-8-12(11)14(18)16-10(3)4/h5-10H,1-4H3,(H,15,17)(H,16,18). The molecule has 0 saturated heterocycles. The number of rotatable bonds is 4. The maximum absolute atomic E-state index is 12.0. The molecule has 0 spiro atoms. The lowest BCUT2D eigenvalue weighted by molar-refractivity contribution is 0.0908. The van der Waals surface area contributed by atoms with Crippen molar-refractivity contribution in [3.8, 4) is 0 Å². The highest BCUT2D eigenvalue weighted by molar-refractivity contribution is 6.07. The minimum Gasteiger partial charge on any atom is -0.350 e. The van der Waals surface area contributed by atoms with Crippen molar-refractivity contribution in [1.82, 2.24) is 10.6 Å². The average Bonchev–Trinajstić information content (AvgIpc) is 2.27. The molecular formula is C14H20N2O2. The van der Waals surface area contributed by atoms with Crippen LogP contribution in [0.3, 0.4) is 0 Å². The number of hydrogen-bond acceptors (Lipinski definition) is 2. The van der Waals surface area contributed by atoms with Gasteiger partial charge in [0.15, 0.2) is 0 Å². The smallest absolute Gasteiger partial charge is 0.252 e. The van der Waals surface area contributed by atoms with E-state index in [2.05, 4.69) is 10.6 Å². The zero-order valence-electron chi connectivity index (χ0n) is 11.3. The third kappa shape index (κ3) is 3.87. The molecule has 1 rings (SSSR count). The molecule has 0 aromatic heterocycles. The highest BCUT2D eigenvalue weighted by Crippen LogP contribution is 2.09.